The molecule has 1 saturated heterocycles. The highest BCUT2D eigenvalue weighted by Gasteiger charge is 2.49. The summed E-state index contributed by atoms with van der Waals surface area (Å²) in [4.78, 5) is 39.5. The Hall–Kier alpha value is -3.35. The first-order valence-corrected chi connectivity index (χ1v) is 10.8. The van der Waals surface area contributed by atoms with Crippen molar-refractivity contribution in [3.63, 3.8) is 0 Å². The third-order valence-electron chi connectivity index (χ3n) is 6.55. The Morgan fingerprint density at radius 3 is 2.50 bits per heavy atom. The van der Waals surface area contributed by atoms with Crippen molar-refractivity contribution in [3.05, 3.63) is 59.2 Å². The molecule has 1 N–H and O–H groups in total. The van der Waals surface area contributed by atoms with E-state index in [0.717, 1.165) is 29.5 Å². The summed E-state index contributed by atoms with van der Waals surface area (Å²) in [6.07, 6.45) is 1.81. The van der Waals surface area contributed by atoms with Gasteiger partial charge in [0.25, 0.3) is 0 Å². The number of imide groups is 1. The summed E-state index contributed by atoms with van der Waals surface area (Å²) < 4.78 is 10.8. The molecule has 2 unspecified atom stereocenters. The van der Waals surface area contributed by atoms with Crippen LogP contribution in [-0.2, 0) is 26.2 Å². The van der Waals surface area contributed by atoms with Gasteiger partial charge in [0.05, 0.1) is 25.7 Å². The number of nitrogens with one attached hydrogen (secondary N) is 1. The Morgan fingerprint density at radius 2 is 1.81 bits per heavy atom. The second-order valence-electron chi connectivity index (χ2n) is 8.54. The number of fused-ring (bicyclic) bond motifs is 1. The number of likely N-dealkylation sites (tertiary alicyclic amines) is 1. The lowest BCUT2D eigenvalue weighted by atomic mass is 9.81. The number of hydrogen-bond acceptors (Lipinski definition) is 5. The Balaban J connectivity index is 1.39. The SMILES string of the molecule is COc1cc2c(cc1OC)C(NC(=O)CCN1C(=O)CC(C)(c3ccccc3)C1=O)CC2. The summed E-state index contributed by atoms with van der Waals surface area (Å²) >= 11 is 0. The lowest BCUT2D eigenvalue weighted by Gasteiger charge is -2.23. The summed E-state index contributed by atoms with van der Waals surface area (Å²) in [5, 5.41) is 3.05. The van der Waals surface area contributed by atoms with Gasteiger partial charge in [0.2, 0.25) is 17.7 Å². The van der Waals surface area contributed by atoms with E-state index in [9.17, 15) is 14.4 Å². The van der Waals surface area contributed by atoms with Gasteiger partial charge in [-0.15, -0.1) is 0 Å². The van der Waals surface area contributed by atoms with E-state index in [-0.39, 0.29) is 43.1 Å². The fraction of sp³-hybridized carbons (Fsp3) is 0.400. The van der Waals surface area contributed by atoms with Crippen molar-refractivity contribution in [2.75, 3.05) is 20.8 Å². The molecule has 1 fully saturated rings. The van der Waals surface area contributed by atoms with Crippen LogP contribution in [0.15, 0.2) is 42.5 Å². The minimum atomic E-state index is -0.880. The van der Waals surface area contributed by atoms with Gasteiger partial charge in [-0.1, -0.05) is 30.3 Å². The van der Waals surface area contributed by atoms with Crippen molar-refractivity contribution in [1.29, 1.82) is 0 Å². The van der Waals surface area contributed by atoms with E-state index < -0.39 is 5.41 Å². The average Bonchev–Trinajstić information content (AvgIpc) is 3.29. The Bertz CT molecular complexity index is 1050. The zero-order valence-corrected chi connectivity index (χ0v) is 18.6. The van der Waals surface area contributed by atoms with Crippen LogP contribution in [0.25, 0.3) is 0 Å². The Morgan fingerprint density at radius 1 is 1.12 bits per heavy atom. The highest BCUT2D eigenvalue weighted by atomic mass is 16.5. The summed E-state index contributed by atoms with van der Waals surface area (Å²) in [5.74, 6) is 0.625. The van der Waals surface area contributed by atoms with Crippen LogP contribution in [0.1, 0.15) is 48.9 Å². The van der Waals surface area contributed by atoms with E-state index in [4.69, 9.17) is 9.47 Å². The van der Waals surface area contributed by atoms with E-state index in [1.807, 2.05) is 42.5 Å². The quantitative estimate of drug-likeness (QED) is 0.675. The number of nitrogens with zero attached hydrogens (tertiary/aromatic N) is 1. The summed E-state index contributed by atoms with van der Waals surface area (Å²) in [6, 6.07) is 13.1. The third kappa shape index (κ3) is 3.83. The van der Waals surface area contributed by atoms with Gasteiger partial charge in [-0.2, -0.15) is 0 Å². The Kier molecular flexibility index (Phi) is 5.91. The minimum Gasteiger partial charge on any atom is -0.493 e. The zero-order chi connectivity index (χ0) is 22.9. The summed E-state index contributed by atoms with van der Waals surface area (Å²) in [7, 11) is 3.18. The van der Waals surface area contributed by atoms with Crippen molar-refractivity contribution >= 4 is 17.7 Å². The fourth-order valence-corrected chi connectivity index (χ4v) is 4.71. The molecule has 0 bridgehead atoms. The Labute approximate surface area is 187 Å². The lowest BCUT2D eigenvalue weighted by Crippen LogP contribution is -2.39. The molecule has 1 aliphatic carbocycles. The topological polar surface area (TPSA) is 84.9 Å². The normalized spacial score (nSPS) is 22.1. The first-order chi connectivity index (χ1) is 15.4. The predicted octanol–water partition coefficient (Wildman–Crippen LogP) is 2.91. The van der Waals surface area contributed by atoms with Crippen LogP contribution in [0.4, 0.5) is 0 Å². The molecule has 2 aromatic carbocycles. The van der Waals surface area contributed by atoms with Gasteiger partial charge >= 0.3 is 0 Å². The number of methoxy groups -OCH3 is 2. The maximum atomic E-state index is 13.0. The lowest BCUT2D eigenvalue weighted by molar-refractivity contribution is -0.140. The van der Waals surface area contributed by atoms with Gasteiger partial charge in [-0.05, 0) is 48.6 Å². The van der Waals surface area contributed by atoms with E-state index in [2.05, 4.69) is 5.32 Å². The van der Waals surface area contributed by atoms with Gasteiger partial charge < -0.3 is 14.8 Å². The van der Waals surface area contributed by atoms with E-state index >= 15 is 0 Å². The maximum absolute atomic E-state index is 13.0. The number of carbonyl (C=O) groups is 3. The number of rotatable bonds is 7. The zero-order valence-electron chi connectivity index (χ0n) is 18.6. The van der Waals surface area contributed by atoms with E-state index in [0.29, 0.717) is 11.5 Å². The molecular weight excluding hydrogens is 408 g/mol. The first-order valence-electron chi connectivity index (χ1n) is 10.8. The molecule has 2 aromatic rings. The molecule has 7 nitrogen and oxygen atoms in total. The number of amides is 3. The van der Waals surface area contributed by atoms with Crippen LogP contribution in [0.3, 0.4) is 0 Å². The third-order valence-corrected chi connectivity index (χ3v) is 6.55. The number of hydrogen-bond donors (Lipinski definition) is 1. The van der Waals surface area contributed by atoms with Crippen molar-refractivity contribution in [3.8, 4) is 11.5 Å². The first kappa shape index (κ1) is 21.9. The molecule has 1 heterocycles. The molecule has 168 valence electrons. The number of aryl methyl sites for hydroxylation is 1. The molecule has 3 amide bonds. The molecule has 32 heavy (non-hydrogen) atoms. The van der Waals surface area contributed by atoms with Crippen molar-refractivity contribution in [2.45, 2.75) is 44.1 Å². The number of carbonyl (C=O) groups excluding carboxylic acids is 3. The molecule has 0 aromatic heterocycles. The molecule has 2 aliphatic rings. The molecule has 0 saturated carbocycles. The monoisotopic (exact) mass is 436 g/mol. The maximum Gasteiger partial charge on any atom is 0.240 e. The molecule has 0 radical (unpaired) electrons. The molecule has 4 rings (SSSR count). The number of ether oxygens (including phenoxy) is 2. The molecule has 7 heteroatoms. The molecular formula is C25H28N2O5. The van der Waals surface area contributed by atoms with Crippen molar-refractivity contribution < 1.29 is 23.9 Å². The van der Waals surface area contributed by atoms with Crippen LogP contribution in [0.5, 0.6) is 11.5 Å². The van der Waals surface area contributed by atoms with Gasteiger partial charge in [0.15, 0.2) is 11.5 Å². The van der Waals surface area contributed by atoms with Crippen LogP contribution < -0.4 is 14.8 Å². The summed E-state index contributed by atoms with van der Waals surface area (Å²) in [5.41, 5.74) is 2.07. The van der Waals surface area contributed by atoms with Gasteiger partial charge in [-0.3, -0.25) is 19.3 Å². The highest BCUT2D eigenvalue weighted by Crippen LogP contribution is 2.39. The minimum absolute atomic E-state index is 0.0709. The van der Waals surface area contributed by atoms with Crippen LogP contribution in [0, 0.1) is 0 Å². The highest BCUT2D eigenvalue weighted by molar-refractivity contribution is 6.09. The second-order valence-corrected chi connectivity index (χ2v) is 8.54. The van der Waals surface area contributed by atoms with E-state index in [1.165, 1.54) is 4.90 Å². The fourth-order valence-electron chi connectivity index (χ4n) is 4.71. The largest absolute Gasteiger partial charge is 0.493 e. The second kappa shape index (κ2) is 8.65. The van der Waals surface area contributed by atoms with Crippen molar-refractivity contribution in [2.24, 2.45) is 0 Å². The van der Waals surface area contributed by atoms with Gasteiger partial charge in [0, 0.05) is 19.4 Å². The van der Waals surface area contributed by atoms with Crippen LogP contribution in [0.2, 0.25) is 0 Å². The van der Waals surface area contributed by atoms with Crippen LogP contribution >= 0.6 is 0 Å². The molecule has 0 spiro atoms. The van der Waals surface area contributed by atoms with E-state index in [1.54, 1.807) is 21.1 Å². The molecule has 2 atom stereocenters. The smallest absolute Gasteiger partial charge is 0.240 e. The van der Waals surface area contributed by atoms with Gasteiger partial charge in [0.1, 0.15) is 0 Å². The van der Waals surface area contributed by atoms with Crippen molar-refractivity contribution in [1.82, 2.24) is 10.2 Å². The average molecular weight is 437 g/mol. The summed E-state index contributed by atoms with van der Waals surface area (Å²) in [6.45, 7) is 1.87. The standard InChI is InChI=1S/C25H28N2O5/c1-25(17-7-5-4-6-8-17)15-23(29)27(24(25)30)12-11-22(28)26-19-10-9-16-13-20(31-2)21(32-3)14-18(16)19/h4-8,13-14,19H,9-12,15H2,1-3H3,(H,26,28). The number of benzene rings is 2. The van der Waals surface area contributed by atoms with Crippen LogP contribution in [-0.4, -0.2) is 43.4 Å². The predicted molar refractivity (Wildman–Crippen MR) is 118 cm³/mol. The van der Waals surface area contributed by atoms with Gasteiger partial charge in [-0.25, -0.2) is 0 Å². The molecule has 1 aliphatic heterocycles.